The van der Waals surface area contributed by atoms with E-state index in [4.69, 9.17) is 21.3 Å². The van der Waals surface area contributed by atoms with Gasteiger partial charge < -0.3 is 19.7 Å². The molecule has 0 bridgehead atoms. The number of rotatable bonds is 9. The number of pyridine rings is 1. The van der Waals surface area contributed by atoms with E-state index >= 15 is 4.79 Å². The molecular weight excluding hydrogens is 759 g/mol. The monoisotopic (exact) mass is 792 g/mol. The van der Waals surface area contributed by atoms with Gasteiger partial charge in [0.25, 0.3) is 17.9 Å². The Morgan fingerprint density at radius 1 is 1.05 bits per heavy atom. The van der Waals surface area contributed by atoms with Gasteiger partial charge in [-0.25, -0.2) is 33.0 Å². The summed E-state index contributed by atoms with van der Waals surface area (Å²) in [5.74, 6) is -2.15. The lowest BCUT2D eigenvalue weighted by molar-refractivity contribution is -0.164. The minimum absolute atomic E-state index is 0.00758. The summed E-state index contributed by atoms with van der Waals surface area (Å²) in [6, 6.07) is 9.96. The molecule has 55 heavy (non-hydrogen) atoms. The number of carbonyl (C=O) groups is 3. The van der Waals surface area contributed by atoms with Crippen molar-refractivity contribution in [3.05, 3.63) is 87.2 Å². The van der Waals surface area contributed by atoms with E-state index in [1.165, 1.54) is 28.8 Å². The molecule has 3 heterocycles. The Bertz CT molecular complexity index is 2280. The Morgan fingerprint density at radius 3 is 2.38 bits per heavy atom. The minimum Gasteiger partial charge on any atom is -0.465 e. The van der Waals surface area contributed by atoms with Crippen LogP contribution in [0, 0.1) is 5.41 Å². The van der Waals surface area contributed by atoms with Crippen LogP contribution in [0.3, 0.4) is 0 Å². The van der Waals surface area contributed by atoms with Crippen LogP contribution in [-0.2, 0) is 22.1 Å². The first-order valence-electron chi connectivity index (χ1n) is 16.7. The van der Waals surface area contributed by atoms with Gasteiger partial charge in [0.1, 0.15) is 18.5 Å². The molecule has 20 heteroatoms. The van der Waals surface area contributed by atoms with Crippen molar-refractivity contribution in [3.8, 4) is 5.69 Å². The smallest absolute Gasteiger partial charge is 0.411 e. The zero-order valence-corrected chi connectivity index (χ0v) is 30.4. The number of nitrogens with zero attached hydrogens (tertiary/aromatic N) is 6. The normalized spacial score (nSPS) is 18.7. The molecule has 3 amide bonds. The Morgan fingerprint density at radius 2 is 1.76 bits per heavy atom. The lowest BCUT2D eigenvalue weighted by Crippen LogP contribution is -2.51. The number of aromatic nitrogens is 4. The van der Waals surface area contributed by atoms with Crippen molar-refractivity contribution >= 4 is 46.6 Å². The van der Waals surface area contributed by atoms with Gasteiger partial charge in [0.2, 0.25) is 5.96 Å². The van der Waals surface area contributed by atoms with Crippen molar-refractivity contribution in [1.82, 2.24) is 34.9 Å². The van der Waals surface area contributed by atoms with Crippen LogP contribution in [0.25, 0.3) is 16.6 Å². The summed E-state index contributed by atoms with van der Waals surface area (Å²) in [5, 5.41) is 18.2. The molecule has 3 N–H and O–H groups in total. The van der Waals surface area contributed by atoms with E-state index in [1.807, 2.05) is 26.1 Å². The minimum atomic E-state index is -4.79. The van der Waals surface area contributed by atoms with Crippen molar-refractivity contribution in [3.63, 3.8) is 0 Å². The van der Waals surface area contributed by atoms with Crippen molar-refractivity contribution < 1.29 is 46.2 Å². The first-order valence-corrected chi connectivity index (χ1v) is 17.1. The third kappa shape index (κ3) is 7.44. The number of guanidine groups is 1. The summed E-state index contributed by atoms with van der Waals surface area (Å²) in [4.78, 5) is 61.9. The molecule has 0 spiro atoms. The summed E-state index contributed by atoms with van der Waals surface area (Å²) < 4.78 is 76.4. The molecule has 1 aliphatic carbocycles. The maximum atomic E-state index is 15.2. The average molecular weight is 793 g/mol. The summed E-state index contributed by atoms with van der Waals surface area (Å²) in [6.45, 7) is 4.58. The van der Waals surface area contributed by atoms with Crippen LogP contribution in [0.1, 0.15) is 69.5 Å². The van der Waals surface area contributed by atoms with Gasteiger partial charge in [-0.05, 0) is 71.5 Å². The van der Waals surface area contributed by atoms with E-state index in [1.54, 1.807) is 31.3 Å². The molecule has 1 saturated carbocycles. The number of amides is 3. The zero-order valence-electron chi connectivity index (χ0n) is 29.6. The van der Waals surface area contributed by atoms with Gasteiger partial charge in [0.05, 0.1) is 22.3 Å². The maximum Gasteiger partial charge on any atom is 0.411 e. The van der Waals surface area contributed by atoms with Gasteiger partial charge >= 0.3 is 18.4 Å². The number of fused-ring (bicyclic) bond motifs is 1. The lowest BCUT2D eigenvalue weighted by atomic mass is 9.75. The first-order chi connectivity index (χ1) is 25.7. The number of carboxylic acid groups (broad SMARTS) is 1. The van der Waals surface area contributed by atoms with Gasteiger partial charge in [0.15, 0.2) is 11.4 Å². The highest BCUT2D eigenvalue weighted by Gasteiger charge is 2.64. The molecule has 0 saturated heterocycles. The van der Waals surface area contributed by atoms with E-state index in [2.05, 4.69) is 15.4 Å². The van der Waals surface area contributed by atoms with Crippen LogP contribution in [0.2, 0.25) is 5.02 Å². The van der Waals surface area contributed by atoms with Crippen LogP contribution in [0.4, 0.5) is 31.5 Å². The highest BCUT2D eigenvalue weighted by molar-refractivity contribution is 6.32. The van der Waals surface area contributed by atoms with Crippen molar-refractivity contribution in [2.75, 3.05) is 6.61 Å². The van der Waals surface area contributed by atoms with Crippen molar-refractivity contribution in [2.45, 2.75) is 69.8 Å². The largest absolute Gasteiger partial charge is 0.465 e. The molecule has 1 fully saturated rings. The third-order valence-electron chi connectivity index (χ3n) is 9.38. The maximum absolute atomic E-state index is 15.2. The second-order valence-electron chi connectivity index (χ2n) is 14.5. The average Bonchev–Trinajstić information content (AvgIpc) is 3.63. The number of ether oxygens (including phenoxy) is 1. The van der Waals surface area contributed by atoms with Gasteiger partial charge in [0, 0.05) is 13.1 Å². The molecular formula is C35H34ClF5N8O6. The Labute approximate surface area is 313 Å². The Kier molecular flexibility index (Phi) is 9.90. The second-order valence-corrected chi connectivity index (χ2v) is 14.9. The molecule has 292 valence electrons. The van der Waals surface area contributed by atoms with Crippen LogP contribution < -0.4 is 16.2 Å². The molecule has 2 aromatic heterocycles. The fraction of sp³-hybridized carbons (Fsp3) is 0.400. The van der Waals surface area contributed by atoms with Crippen molar-refractivity contribution in [1.29, 1.82) is 0 Å². The molecule has 4 aromatic rings. The van der Waals surface area contributed by atoms with Crippen LogP contribution in [0.5, 0.6) is 0 Å². The number of benzene rings is 2. The van der Waals surface area contributed by atoms with Crippen LogP contribution >= 0.6 is 11.6 Å². The molecule has 0 unspecified atom stereocenters. The summed E-state index contributed by atoms with van der Waals surface area (Å²) in [5.41, 5.74) is -4.66. The topological polar surface area (TPSA) is 173 Å². The standard InChI is InChI=1S/C35H34ClF5N8O6/c1-32(2,3)16-34(20-7-9-22-18(13-20)6-10-25(50)47(22)4)28(51)48(29(45-34)44-30(52)53)24(15-55-31(54)46-33(11-12-33)35(39,40)41)19-5-8-21(36)23(14-19)49-27(26(37)38)42-17-43-49/h5-10,13-14,17,24,26H,11-12,15-16H2,1-4H3,(H,44,45)(H,46,54)(H,52,53)/t24-,34-/m1/s1. The van der Waals surface area contributed by atoms with Crippen molar-refractivity contribution in [2.24, 2.45) is 17.5 Å². The van der Waals surface area contributed by atoms with Gasteiger partial charge in [-0.1, -0.05) is 44.5 Å². The number of aliphatic imine (C=N–C) groups is 1. The zero-order chi connectivity index (χ0) is 40.2. The number of hydrogen-bond acceptors (Lipinski definition) is 8. The second kappa shape index (κ2) is 13.9. The molecule has 2 aliphatic rings. The summed E-state index contributed by atoms with van der Waals surface area (Å²) in [6.07, 6.45) is -11.0. The predicted octanol–water partition coefficient (Wildman–Crippen LogP) is 6.37. The molecule has 0 radical (unpaired) electrons. The number of alkyl halides is 5. The lowest BCUT2D eigenvalue weighted by Gasteiger charge is -2.35. The van der Waals surface area contributed by atoms with Gasteiger partial charge in [-0.3, -0.25) is 19.8 Å². The Hall–Kier alpha value is -5.59. The SMILES string of the molecule is Cn1c(=O)ccc2cc([C@@]3(CC(C)(C)C)N=C(NC(=O)O)N([C@H](COC(=O)NC4(C(F)(F)F)CC4)c4ccc(Cl)c(-n5ncnc5C(F)F)c4)C3=O)ccc21. The van der Waals surface area contributed by atoms with E-state index in [-0.39, 0.29) is 41.1 Å². The number of nitrogens with one attached hydrogen (secondary N) is 2. The van der Waals surface area contributed by atoms with E-state index < -0.39 is 71.6 Å². The Balaban J connectivity index is 1.51. The van der Waals surface area contributed by atoms with Gasteiger partial charge in [-0.15, -0.1) is 0 Å². The molecule has 14 nitrogen and oxygen atoms in total. The quantitative estimate of drug-likeness (QED) is 0.164. The van der Waals surface area contributed by atoms with Crippen LogP contribution in [0.15, 0.2) is 64.6 Å². The summed E-state index contributed by atoms with van der Waals surface area (Å²) >= 11 is 6.42. The number of alkyl carbamates (subject to hydrolysis) is 1. The number of carbonyl (C=O) groups excluding carboxylic acids is 2. The number of hydrogen-bond donors (Lipinski definition) is 3. The van der Waals surface area contributed by atoms with E-state index in [9.17, 15) is 41.4 Å². The van der Waals surface area contributed by atoms with E-state index in [0.717, 1.165) is 15.9 Å². The van der Waals surface area contributed by atoms with E-state index in [0.29, 0.717) is 16.5 Å². The fourth-order valence-electron chi connectivity index (χ4n) is 6.66. The summed E-state index contributed by atoms with van der Waals surface area (Å²) in [7, 11) is 1.56. The fourth-order valence-corrected chi connectivity index (χ4v) is 6.86. The highest BCUT2D eigenvalue weighted by Crippen LogP contribution is 2.49. The first kappa shape index (κ1) is 39.1. The van der Waals surface area contributed by atoms with Crippen LogP contribution in [-0.4, -0.2) is 71.7 Å². The van der Waals surface area contributed by atoms with Gasteiger partial charge in [-0.2, -0.15) is 18.3 Å². The number of aryl methyl sites for hydroxylation is 1. The highest BCUT2D eigenvalue weighted by atomic mass is 35.5. The molecule has 2 atom stereocenters. The third-order valence-corrected chi connectivity index (χ3v) is 9.69. The molecule has 1 aliphatic heterocycles. The molecule has 6 rings (SSSR count). The number of halogens is 6. The molecule has 2 aromatic carbocycles. The predicted molar refractivity (Wildman–Crippen MR) is 187 cm³/mol.